The summed E-state index contributed by atoms with van der Waals surface area (Å²) in [5, 5.41) is 0. The highest BCUT2D eigenvalue weighted by molar-refractivity contribution is 7.07. The summed E-state index contributed by atoms with van der Waals surface area (Å²) in [6.07, 6.45) is 1.49. The minimum absolute atomic E-state index is 0.0649. The van der Waals surface area contributed by atoms with E-state index in [1.807, 2.05) is 30.3 Å². The Kier molecular flexibility index (Phi) is 7.88. The van der Waals surface area contributed by atoms with Crippen LogP contribution in [0, 0.1) is 0 Å². The molecule has 0 aliphatic carbocycles. The van der Waals surface area contributed by atoms with Gasteiger partial charge in [0.2, 0.25) is 0 Å². The van der Waals surface area contributed by atoms with E-state index in [0.717, 1.165) is 11.3 Å². The average Bonchev–Trinajstić information content (AvgIpc) is 3.27. The van der Waals surface area contributed by atoms with Gasteiger partial charge in [-0.25, -0.2) is 9.79 Å². The molecule has 10 heteroatoms. The molecule has 0 fully saturated rings. The van der Waals surface area contributed by atoms with Gasteiger partial charge in [0.1, 0.15) is 11.5 Å². The Morgan fingerprint density at radius 3 is 2.55 bits per heavy atom. The number of esters is 1. The van der Waals surface area contributed by atoms with Crippen molar-refractivity contribution in [1.29, 1.82) is 0 Å². The lowest BCUT2D eigenvalue weighted by molar-refractivity contribution is -0.138. The van der Waals surface area contributed by atoms with Crippen molar-refractivity contribution in [3.8, 4) is 11.5 Å². The zero-order chi connectivity index (χ0) is 28.2. The van der Waals surface area contributed by atoms with Gasteiger partial charge in [0.05, 0.1) is 35.6 Å². The number of halogens is 2. The zero-order valence-corrected chi connectivity index (χ0v) is 22.4. The van der Waals surface area contributed by atoms with Crippen LogP contribution in [0.3, 0.4) is 0 Å². The van der Waals surface area contributed by atoms with E-state index >= 15 is 0 Å². The summed E-state index contributed by atoms with van der Waals surface area (Å²) in [5.41, 5.74) is 1.71. The molecule has 1 aliphatic heterocycles. The molecule has 0 radical (unpaired) electrons. The molecule has 0 N–H and O–H groups in total. The number of para-hydroxylation sites is 1. The molecule has 0 saturated heterocycles. The van der Waals surface area contributed by atoms with Gasteiger partial charge in [-0.15, -0.1) is 0 Å². The summed E-state index contributed by atoms with van der Waals surface area (Å²) >= 11 is 1.09. The number of nitrogens with zero attached hydrogens (tertiary/aromatic N) is 2. The number of methoxy groups -OCH3 is 1. The molecule has 40 heavy (non-hydrogen) atoms. The van der Waals surface area contributed by atoms with Crippen LogP contribution in [0.4, 0.5) is 8.78 Å². The quantitative estimate of drug-likeness (QED) is 0.295. The van der Waals surface area contributed by atoms with Crippen LogP contribution in [0.25, 0.3) is 11.8 Å². The number of alkyl halides is 2. The molecule has 1 atom stereocenters. The van der Waals surface area contributed by atoms with Crippen LogP contribution >= 0.6 is 11.3 Å². The Hall–Kier alpha value is -4.57. The molecule has 7 nitrogen and oxygen atoms in total. The molecule has 1 aliphatic rings. The van der Waals surface area contributed by atoms with E-state index in [-0.39, 0.29) is 22.5 Å². The first kappa shape index (κ1) is 27.0. The first-order valence-corrected chi connectivity index (χ1v) is 13.2. The van der Waals surface area contributed by atoms with Crippen molar-refractivity contribution in [2.45, 2.75) is 19.6 Å². The molecule has 0 unspecified atom stereocenters. The lowest BCUT2D eigenvalue weighted by Gasteiger charge is -2.26. The maximum absolute atomic E-state index is 13.9. The summed E-state index contributed by atoms with van der Waals surface area (Å²) in [4.78, 5) is 32.6. The van der Waals surface area contributed by atoms with Gasteiger partial charge in [-0.2, -0.15) is 8.78 Å². The van der Waals surface area contributed by atoms with Crippen LogP contribution in [0.15, 0.2) is 94.2 Å². The zero-order valence-electron chi connectivity index (χ0n) is 21.5. The highest BCUT2D eigenvalue weighted by atomic mass is 32.1. The first-order valence-electron chi connectivity index (χ1n) is 12.4. The van der Waals surface area contributed by atoms with Crippen molar-refractivity contribution < 1.29 is 27.8 Å². The third-order valence-corrected chi connectivity index (χ3v) is 7.19. The summed E-state index contributed by atoms with van der Waals surface area (Å²) in [6.45, 7) is -1.19. The second-order valence-electron chi connectivity index (χ2n) is 8.62. The summed E-state index contributed by atoms with van der Waals surface area (Å²) in [5.74, 6) is -0.132. The predicted molar refractivity (Wildman–Crippen MR) is 147 cm³/mol. The standard InChI is InChI=1S/C30H24F2N2O5S/c1-3-38-28(36)24-25(18-10-5-4-6-11-18)33-30-34(26(24)20-13-9-14-21(16-20)37-2)27(35)23(40-30)17-19-12-7-8-15-22(19)39-29(31)32/h4-17,26,29H,3H2,1-2H3/b23-17+/t26-/m0/s1. The number of rotatable bonds is 8. The lowest BCUT2D eigenvalue weighted by Crippen LogP contribution is -2.40. The van der Waals surface area contributed by atoms with Gasteiger partial charge in [-0.05, 0) is 36.8 Å². The maximum Gasteiger partial charge on any atom is 0.387 e. The molecule has 0 amide bonds. The van der Waals surface area contributed by atoms with E-state index in [1.165, 1.54) is 23.8 Å². The van der Waals surface area contributed by atoms with Gasteiger partial charge in [0, 0.05) is 11.1 Å². The maximum atomic E-state index is 13.9. The molecule has 4 aromatic rings. The molecular formula is C30H24F2N2O5S. The Labute approximate surface area is 231 Å². The second kappa shape index (κ2) is 11.7. The fraction of sp³-hybridized carbons (Fsp3) is 0.167. The monoisotopic (exact) mass is 562 g/mol. The van der Waals surface area contributed by atoms with Gasteiger partial charge in [-0.3, -0.25) is 9.36 Å². The normalized spacial score (nSPS) is 15.0. The smallest absolute Gasteiger partial charge is 0.387 e. The van der Waals surface area contributed by atoms with E-state index < -0.39 is 24.2 Å². The largest absolute Gasteiger partial charge is 0.497 e. The Balaban J connectivity index is 1.82. The van der Waals surface area contributed by atoms with Crippen LogP contribution < -0.4 is 24.4 Å². The summed E-state index contributed by atoms with van der Waals surface area (Å²) in [6, 6.07) is 21.6. The molecule has 1 aromatic heterocycles. The van der Waals surface area contributed by atoms with Crippen LogP contribution in [0.5, 0.6) is 11.5 Å². The minimum atomic E-state index is -3.02. The van der Waals surface area contributed by atoms with Crippen molar-refractivity contribution in [2.24, 2.45) is 4.99 Å². The van der Waals surface area contributed by atoms with Crippen molar-refractivity contribution >= 4 is 29.1 Å². The molecule has 2 heterocycles. The SMILES string of the molecule is CCOC(=O)C1=C(c2ccccc2)N=c2s/c(=C/c3ccccc3OC(F)F)c(=O)n2[C@H]1c1cccc(OC)c1. The third-order valence-electron chi connectivity index (χ3n) is 6.20. The highest BCUT2D eigenvalue weighted by Gasteiger charge is 2.35. The fourth-order valence-corrected chi connectivity index (χ4v) is 5.50. The van der Waals surface area contributed by atoms with Crippen molar-refractivity contribution in [2.75, 3.05) is 13.7 Å². The van der Waals surface area contributed by atoms with Crippen LogP contribution in [-0.4, -0.2) is 30.9 Å². The molecule has 204 valence electrons. The molecule has 5 rings (SSSR count). The number of aromatic nitrogens is 1. The van der Waals surface area contributed by atoms with E-state index in [9.17, 15) is 18.4 Å². The molecule has 0 bridgehead atoms. The number of fused-ring (bicyclic) bond motifs is 1. The second-order valence-corrected chi connectivity index (χ2v) is 9.63. The molecular weight excluding hydrogens is 538 g/mol. The Morgan fingerprint density at radius 2 is 1.82 bits per heavy atom. The number of benzene rings is 3. The number of hydrogen-bond acceptors (Lipinski definition) is 7. The van der Waals surface area contributed by atoms with Gasteiger partial charge in [-0.1, -0.05) is 72.0 Å². The minimum Gasteiger partial charge on any atom is -0.497 e. The van der Waals surface area contributed by atoms with E-state index in [0.29, 0.717) is 32.9 Å². The number of ether oxygens (including phenoxy) is 3. The Bertz CT molecular complexity index is 1760. The topological polar surface area (TPSA) is 79.1 Å². The number of thiazole rings is 1. The van der Waals surface area contributed by atoms with E-state index in [1.54, 1.807) is 49.4 Å². The van der Waals surface area contributed by atoms with Gasteiger partial charge < -0.3 is 14.2 Å². The molecule has 0 saturated carbocycles. The fourth-order valence-electron chi connectivity index (χ4n) is 4.51. The van der Waals surface area contributed by atoms with Crippen molar-refractivity contribution in [3.05, 3.63) is 121 Å². The van der Waals surface area contributed by atoms with Crippen molar-refractivity contribution in [3.63, 3.8) is 0 Å². The van der Waals surface area contributed by atoms with Crippen LogP contribution in [0.2, 0.25) is 0 Å². The average molecular weight is 563 g/mol. The molecule has 3 aromatic carbocycles. The number of hydrogen-bond donors (Lipinski definition) is 0. The van der Waals surface area contributed by atoms with Crippen LogP contribution in [0.1, 0.15) is 29.7 Å². The third kappa shape index (κ3) is 5.30. The number of carbonyl (C=O) groups is 1. The summed E-state index contributed by atoms with van der Waals surface area (Å²) < 4.78 is 43.2. The van der Waals surface area contributed by atoms with Crippen molar-refractivity contribution in [1.82, 2.24) is 4.57 Å². The van der Waals surface area contributed by atoms with Crippen LogP contribution in [-0.2, 0) is 9.53 Å². The van der Waals surface area contributed by atoms with E-state index in [4.69, 9.17) is 14.5 Å². The van der Waals surface area contributed by atoms with Gasteiger partial charge >= 0.3 is 12.6 Å². The van der Waals surface area contributed by atoms with E-state index in [2.05, 4.69) is 4.74 Å². The number of carbonyl (C=O) groups excluding carboxylic acids is 1. The summed E-state index contributed by atoms with van der Waals surface area (Å²) in [7, 11) is 1.53. The lowest BCUT2D eigenvalue weighted by atomic mass is 9.93. The Morgan fingerprint density at radius 1 is 1.07 bits per heavy atom. The predicted octanol–water partition coefficient (Wildman–Crippen LogP) is 4.55. The van der Waals surface area contributed by atoms with Gasteiger partial charge in [0.25, 0.3) is 5.56 Å². The van der Waals surface area contributed by atoms with Gasteiger partial charge in [0.15, 0.2) is 4.80 Å². The molecule has 0 spiro atoms. The first-order chi connectivity index (χ1) is 19.4. The highest BCUT2D eigenvalue weighted by Crippen LogP contribution is 2.36.